The van der Waals surface area contributed by atoms with Crippen LogP contribution < -0.4 is 10.2 Å². The molecule has 0 radical (unpaired) electrons. The summed E-state index contributed by atoms with van der Waals surface area (Å²) in [6.45, 7) is 4.69. The number of carbonyl (C=O) groups is 1. The first kappa shape index (κ1) is 28.2. The van der Waals surface area contributed by atoms with Gasteiger partial charge in [-0.25, -0.2) is 4.79 Å². The molecule has 6 saturated heterocycles. The standard InChI is InChI=1S/C41H44N4O5/c1-48-35(47)24-21-39-13-18-50-33(39)23-19-22-20-38-12-17-49-29(38)9-14-43-15-10-41(36(38)43)26-6-4-8-28(46)30(26)45(32(22)41)34(23)44-16-11-40(37(39)44)25-5-2-3-7-27(25)42-31(24)40/h2-8,23,29,33-34,36-37,42,46H,9-21H2,1H3. The smallest absolute Gasteiger partial charge is 0.335 e. The Kier molecular flexibility index (Phi) is 4.97. The quantitative estimate of drug-likeness (QED) is 0.417. The minimum Gasteiger partial charge on any atom is -0.506 e. The topological polar surface area (TPSA) is 86.7 Å². The van der Waals surface area contributed by atoms with E-state index in [0.717, 1.165) is 93.8 Å². The van der Waals surface area contributed by atoms with Crippen LogP contribution in [-0.4, -0.2) is 91.3 Å². The predicted molar refractivity (Wildman–Crippen MR) is 184 cm³/mol. The van der Waals surface area contributed by atoms with Crippen molar-refractivity contribution in [1.29, 1.82) is 0 Å². The SMILES string of the molecule is COC(=O)C1=C2Nc3ccccc3C23CCN2C4C(CC5=C6N4c4c(O)cccc4C64CCN6CCC7OCCC7(C5)C64)C4OCCC4(C1)C23. The number of nitrogens with one attached hydrogen (secondary N) is 1. The van der Waals surface area contributed by atoms with Crippen LogP contribution in [0.5, 0.6) is 5.75 Å². The Morgan fingerprint density at radius 1 is 0.920 bits per heavy atom. The van der Waals surface area contributed by atoms with Crippen molar-refractivity contribution in [1.82, 2.24) is 9.80 Å². The van der Waals surface area contributed by atoms with Crippen molar-refractivity contribution in [3.05, 3.63) is 76.1 Å². The largest absolute Gasteiger partial charge is 0.506 e. The van der Waals surface area contributed by atoms with Gasteiger partial charge in [0.1, 0.15) is 5.75 Å². The average Bonchev–Trinajstić information content (AvgIpc) is 3.98. The van der Waals surface area contributed by atoms with Gasteiger partial charge in [-0.2, -0.15) is 0 Å². The molecule has 9 heterocycles. The number of anilines is 2. The second kappa shape index (κ2) is 8.80. The Morgan fingerprint density at radius 2 is 1.76 bits per heavy atom. The van der Waals surface area contributed by atoms with Crippen LogP contribution in [0.4, 0.5) is 11.4 Å². The van der Waals surface area contributed by atoms with Gasteiger partial charge in [-0.05, 0) is 86.7 Å². The highest BCUT2D eigenvalue weighted by Crippen LogP contribution is 2.75. The number of carbonyl (C=O) groups excluding carboxylic acids is 1. The third-order valence-electron chi connectivity index (χ3n) is 16.4. The number of para-hydroxylation sites is 2. The Balaban J connectivity index is 1.07. The Hall–Kier alpha value is -3.37. The van der Waals surface area contributed by atoms with E-state index in [1.54, 1.807) is 5.57 Å². The summed E-state index contributed by atoms with van der Waals surface area (Å²) in [5, 5.41) is 15.9. The molecule has 2 aliphatic carbocycles. The number of ether oxygens (including phenoxy) is 3. The van der Waals surface area contributed by atoms with Crippen LogP contribution >= 0.6 is 0 Å². The van der Waals surface area contributed by atoms with E-state index in [0.29, 0.717) is 30.9 Å². The van der Waals surface area contributed by atoms with Crippen LogP contribution in [0.3, 0.4) is 0 Å². The molecule has 10 atom stereocenters. The number of hydrogen-bond donors (Lipinski definition) is 2. The summed E-state index contributed by atoms with van der Waals surface area (Å²) in [4.78, 5) is 22.2. The molecule has 6 fully saturated rings. The molecule has 9 aliphatic heterocycles. The molecule has 0 aromatic heterocycles. The Bertz CT molecular complexity index is 2030. The molecule has 4 spiro atoms. The lowest BCUT2D eigenvalue weighted by Crippen LogP contribution is -2.74. The van der Waals surface area contributed by atoms with E-state index in [1.807, 2.05) is 6.07 Å². The summed E-state index contributed by atoms with van der Waals surface area (Å²) in [7, 11) is 1.53. The molecule has 0 bridgehead atoms. The number of aromatic hydroxyl groups is 1. The first-order chi connectivity index (χ1) is 24.5. The number of phenolic OH excluding ortho intramolecular Hbond substituents is 1. The van der Waals surface area contributed by atoms with Gasteiger partial charge < -0.3 is 29.5 Å². The fourth-order valence-corrected chi connectivity index (χ4v) is 15.5. The van der Waals surface area contributed by atoms with E-state index >= 15 is 0 Å². The molecule has 10 unspecified atom stereocenters. The van der Waals surface area contributed by atoms with Crippen LogP contribution in [0.15, 0.2) is 65.0 Å². The normalized spacial score (nSPS) is 45.2. The number of nitrogens with zero attached hydrogens (tertiary/aromatic N) is 3. The van der Waals surface area contributed by atoms with Gasteiger partial charge >= 0.3 is 5.97 Å². The van der Waals surface area contributed by atoms with Gasteiger partial charge in [-0.3, -0.25) is 9.80 Å². The number of fused-ring (bicyclic) bond motifs is 7. The molecule has 0 amide bonds. The second-order valence-electron chi connectivity index (χ2n) is 17.6. The average molecular weight is 673 g/mol. The van der Waals surface area contributed by atoms with E-state index in [2.05, 4.69) is 56.4 Å². The first-order valence-electron chi connectivity index (χ1n) is 19.2. The van der Waals surface area contributed by atoms with E-state index in [-0.39, 0.29) is 51.9 Å². The van der Waals surface area contributed by atoms with Crippen molar-refractivity contribution in [2.45, 2.75) is 92.7 Å². The summed E-state index contributed by atoms with van der Waals surface area (Å²) in [6.07, 6.45) is 8.31. The zero-order chi connectivity index (χ0) is 32.9. The van der Waals surface area contributed by atoms with Gasteiger partial charge in [0, 0.05) is 72.2 Å². The Morgan fingerprint density at radius 3 is 2.68 bits per heavy atom. The van der Waals surface area contributed by atoms with Gasteiger partial charge in [0.25, 0.3) is 0 Å². The van der Waals surface area contributed by atoms with E-state index in [4.69, 9.17) is 14.2 Å². The van der Waals surface area contributed by atoms with Gasteiger partial charge in [0.05, 0.1) is 47.6 Å². The third kappa shape index (κ3) is 2.72. The fraction of sp³-hybridized carbons (Fsp3) is 0.585. The summed E-state index contributed by atoms with van der Waals surface area (Å²) in [5.41, 5.74) is 9.18. The summed E-state index contributed by atoms with van der Waals surface area (Å²) < 4.78 is 19.3. The maximum atomic E-state index is 13.8. The van der Waals surface area contributed by atoms with Crippen molar-refractivity contribution in [3.63, 3.8) is 0 Å². The highest BCUT2D eigenvalue weighted by atomic mass is 16.5. The van der Waals surface area contributed by atoms with Crippen molar-refractivity contribution in [2.24, 2.45) is 16.7 Å². The molecule has 0 saturated carbocycles. The molecule has 50 heavy (non-hydrogen) atoms. The summed E-state index contributed by atoms with van der Waals surface area (Å²) >= 11 is 0. The summed E-state index contributed by atoms with van der Waals surface area (Å²) in [6, 6.07) is 15.7. The molecule has 11 aliphatic rings. The van der Waals surface area contributed by atoms with Crippen LogP contribution in [0.2, 0.25) is 0 Å². The van der Waals surface area contributed by atoms with Gasteiger partial charge in [0.2, 0.25) is 0 Å². The molecule has 2 aromatic carbocycles. The number of methoxy groups -OCH3 is 1. The third-order valence-corrected chi connectivity index (χ3v) is 16.4. The molecular weight excluding hydrogens is 628 g/mol. The summed E-state index contributed by atoms with van der Waals surface area (Å²) in [5.74, 6) is 0.412. The highest BCUT2D eigenvalue weighted by Gasteiger charge is 2.78. The zero-order valence-electron chi connectivity index (χ0n) is 28.6. The van der Waals surface area contributed by atoms with E-state index < -0.39 is 0 Å². The monoisotopic (exact) mass is 672 g/mol. The van der Waals surface area contributed by atoms with E-state index in [9.17, 15) is 9.90 Å². The number of hydrogen-bond acceptors (Lipinski definition) is 9. The van der Waals surface area contributed by atoms with Gasteiger partial charge in [0.15, 0.2) is 0 Å². The number of benzene rings is 2. The first-order valence-corrected chi connectivity index (χ1v) is 19.2. The molecular formula is C41H44N4O5. The van der Waals surface area contributed by atoms with Crippen LogP contribution in [0.25, 0.3) is 0 Å². The number of piperidine rings is 2. The maximum absolute atomic E-state index is 13.8. The predicted octanol–water partition coefficient (Wildman–Crippen LogP) is 4.76. The van der Waals surface area contributed by atoms with Crippen molar-refractivity contribution >= 4 is 17.3 Å². The number of esters is 1. The van der Waals surface area contributed by atoms with Gasteiger partial charge in [-0.15, -0.1) is 0 Å². The van der Waals surface area contributed by atoms with Crippen LogP contribution in [0, 0.1) is 16.7 Å². The molecule has 2 N–H and O–H groups in total. The fourth-order valence-electron chi connectivity index (χ4n) is 15.5. The highest BCUT2D eigenvalue weighted by molar-refractivity contribution is 5.93. The minimum atomic E-state index is -0.346. The van der Waals surface area contributed by atoms with Crippen molar-refractivity contribution in [3.8, 4) is 5.75 Å². The lowest BCUT2D eigenvalue weighted by Gasteiger charge is -2.65. The minimum absolute atomic E-state index is 0.00474. The lowest BCUT2D eigenvalue weighted by molar-refractivity contribution is -0.144. The van der Waals surface area contributed by atoms with Crippen molar-refractivity contribution < 1.29 is 24.1 Å². The zero-order valence-corrected chi connectivity index (χ0v) is 28.6. The van der Waals surface area contributed by atoms with E-state index in [1.165, 1.54) is 23.9 Å². The van der Waals surface area contributed by atoms with Crippen molar-refractivity contribution in [2.75, 3.05) is 50.2 Å². The molecule has 258 valence electrons. The number of rotatable bonds is 1. The lowest BCUT2D eigenvalue weighted by atomic mass is 9.49. The molecule has 2 aromatic rings. The molecule has 9 heteroatoms. The second-order valence-corrected chi connectivity index (χ2v) is 17.6. The Labute approximate surface area is 292 Å². The number of phenols is 1. The number of allylic oxidation sites excluding steroid dienone is 1. The molecule has 13 rings (SSSR count). The molecule has 9 nitrogen and oxygen atoms in total. The maximum Gasteiger partial charge on any atom is 0.335 e. The van der Waals surface area contributed by atoms with Crippen LogP contribution in [-0.2, 0) is 29.8 Å². The van der Waals surface area contributed by atoms with Gasteiger partial charge in [-0.1, -0.05) is 30.3 Å². The van der Waals surface area contributed by atoms with Crippen LogP contribution in [0.1, 0.15) is 62.5 Å².